The monoisotopic (exact) mass is 508 g/mol. The van der Waals surface area contributed by atoms with Crippen molar-refractivity contribution in [1.82, 2.24) is 5.32 Å². The number of hydrogen-bond acceptors (Lipinski definition) is 4. The van der Waals surface area contributed by atoms with Gasteiger partial charge in [-0.15, -0.1) is 0 Å². The number of hydrogen-bond donors (Lipinski definition) is 2. The number of carbonyl (C=O) groups excluding carboxylic acids is 1. The van der Waals surface area contributed by atoms with Gasteiger partial charge in [0.1, 0.15) is 0 Å². The van der Waals surface area contributed by atoms with E-state index in [1.165, 1.54) is 12.1 Å². The molecule has 0 aliphatic rings. The number of sulfonamides is 1. The third kappa shape index (κ3) is 6.65. The lowest BCUT2D eigenvalue weighted by Crippen LogP contribution is -2.27. The molecule has 5 nitrogen and oxygen atoms in total. The maximum absolute atomic E-state index is 12.7. The highest BCUT2D eigenvalue weighted by atomic mass is 35.5. The lowest BCUT2D eigenvalue weighted by Gasteiger charge is -2.13. The van der Waals surface area contributed by atoms with E-state index in [2.05, 4.69) is 10.0 Å². The second kappa shape index (κ2) is 11.1. The van der Waals surface area contributed by atoms with Gasteiger partial charge in [-0.1, -0.05) is 59.1 Å². The van der Waals surface area contributed by atoms with E-state index in [-0.39, 0.29) is 22.1 Å². The maximum Gasteiger partial charge on any atom is 0.261 e. The molecule has 3 aromatic rings. The zero-order chi connectivity index (χ0) is 23.1. The Balaban J connectivity index is 1.57. The standard InChI is InChI=1S/C23H22Cl2N2O3S2/c1-16-6-10-19(11-7-16)32(29,30)27-22-5-3-2-4-20(22)23(28)26-12-13-31-15-17-8-9-18(24)14-21(17)25/h2-11,14,27H,12-13,15H2,1H3,(H,26,28). The van der Waals surface area contributed by atoms with Gasteiger partial charge in [0, 0.05) is 28.1 Å². The fourth-order valence-corrected chi connectivity index (χ4v) is 5.34. The fraction of sp³-hybridized carbons (Fsp3) is 0.174. The van der Waals surface area contributed by atoms with E-state index in [4.69, 9.17) is 23.2 Å². The van der Waals surface area contributed by atoms with Crippen molar-refractivity contribution in [3.05, 3.63) is 93.5 Å². The molecule has 0 spiro atoms. The smallest absolute Gasteiger partial charge is 0.261 e. The van der Waals surface area contributed by atoms with Gasteiger partial charge in [-0.2, -0.15) is 11.8 Å². The summed E-state index contributed by atoms with van der Waals surface area (Å²) in [5.74, 6) is 1.01. The average Bonchev–Trinajstić information content (AvgIpc) is 2.75. The highest BCUT2D eigenvalue weighted by Gasteiger charge is 2.18. The molecule has 0 aliphatic carbocycles. The van der Waals surface area contributed by atoms with Crippen LogP contribution in [0.25, 0.3) is 0 Å². The zero-order valence-electron chi connectivity index (χ0n) is 17.3. The molecular formula is C23H22Cl2N2O3S2. The number of rotatable bonds is 9. The minimum absolute atomic E-state index is 0.135. The van der Waals surface area contributed by atoms with Crippen LogP contribution >= 0.6 is 35.0 Å². The Bertz CT molecular complexity index is 1200. The van der Waals surface area contributed by atoms with Gasteiger partial charge >= 0.3 is 0 Å². The van der Waals surface area contributed by atoms with Crippen molar-refractivity contribution < 1.29 is 13.2 Å². The van der Waals surface area contributed by atoms with Gasteiger partial charge in [-0.25, -0.2) is 8.42 Å². The molecule has 0 unspecified atom stereocenters. The molecule has 9 heteroatoms. The van der Waals surface area contributed by atoms with Crippen molar-refractivity contribution in [3.8, 4) is 0 Å². The first-order chi connectivity index (χ1) is 15.3. The Morgan fingerprint density at radius 1 is 1.00 bits per heavy atom. The molecule has 3 rings (SSSR count). The molecule has 0 radical (unpaired) electrons. The number of carbonyl (C=O) groups is 1. The number of thioether (sulfide) groups is 1. The van der Waals surface area contributed by atoms with Gasteiger partial charge in [0.2, 0.25) is 0 Å². The van der Waals surface area contributed by atoms with Crippen LogP contribution in [-0.4, -0.2) is 26.6 Å². The molecule has 0 aliphatic heterocycles. The highest BCUT2D eigenvalue weighted by Crippen LogP contribution is 2.25. The summed E-state index contributed by atoms with van der Waals surface area (Å²) in [6.07, 6.45) is 0. The summed E-state index contributed by atoms with van der Waals surface area (Å²) in [4.78, 5) is 12.8. The lowest BCUT2D eigenvalue weighted by atomic mass is 10.2. The minimum atomic E-state index is -3.81. The summed E-state index contributed by atoms with van der Waals surface area (Å²) in [7, 11) is -3.81. The van der Waals surface area contributed by atoms with Crippen molar-refractivity contribution in [2.45, 2.75) is 17.6 Å². The Kier molecular flexibility index (Phi) is 8.48. The summed E-state index contributed by atoms with van der Waals surface area (Å²) in [6.45, 7) is 2.31. The van der Waals surface area contributed by atoms with Crippen LogP contribution in [-0.2, 0) is 15.8 Å². The van der Waals surface area contributed by atoms with Crippen LogP contribution in [0.3, 0.4) is 0 Å². The predicted octanol–water partition coefficient (Wildman–Crippen LogP) is 5.77. The van der Waals surface area contributed by atoms with Crippen LogP contribution in [0.2, 0.25) is 10.0 Å². The van der Waals surface area contributed by atoms with Crippen LogP contribution in [0.5, 0.6) is 0 Å². The van der Waals surface area contributed by atoms with Gasteiger partial charge in [0.15, 0.2) is 0 Å². The number of halogens is 2. The Morgan fingerprint density at radius 3 is 2.44 bits per heavy atom. The Hall–Kier alpha value is -2.19. The van der Waals surface area contributed by atoms with Crippen molar-refractivity contribution in [2.24, 2.45) is 0 Å². The topological polar surface area (TPSA) is 75.3 Å². The predicted molar refractivity (Wildman–Crippen MR) is 133 cm³/mol. The normalized spacial score (nSPS) is 11.2. The summed E-state index contributed by atoms with van der Waals surface area (Å²) in [5.41, 5.74) is 2.42. The van der Waals surface area contributed by atoms with Crippen molar-refractivity contribution in [2.75, 3.05) is 17.0 Å². The molecule has 1 amide bonds. The molecule has 3 aromatic carbocycles. The summed E-state index contributed by atoms with van der Waals surface area (Å²) < 4.78 is 27.9. The van der Waals surface area contributed by atoms with E-state index in [1.807, 2.05) is 13.0 Å². The van der Waals surface area contributed by atoms with Crippen LogP contribution in [0, 0.1) is 6.92 Å². The van der Waals surface area contributed by atoms with Crippen molar-refractivity contribution in [1.29, 1.82) is 0 Å². The molecule has 168 valence electrons. The number of aryl methyl sites for hydroxylation is 1. The number of amides is 1. The number of anilines is 1. The number of benzene rings is 3. The van der Waals surface area contributed by atoms with Crippen molar-refractivity contribution in [3.63, 3.8) is 0 Å². The zero-order valence-corrected chi connectivity index (χ0v) is 20.4. The first-order valence-corrected chi connectivity index (χ1v) is 13.1. The van der Waals surface area contributed by atoms with Gasteiger partial charge in [0.25, 0.3) is 15.9 Å². The van der Waals surface area contributed by atoms with Gasteiger partial charge in [-0.05, 0) is 48.9 Å². The number of nitrogens with one attached hydrogen (secondary N) is 2. The second-order valence-corrected chi connectivity index (χ2v) is 10.6. The van der Waals surface area contributed by atoms with E-state index in [1.54, 1.807) is 60.3 Å². The third-order valence-corrected chi connectivity index (χ3v) is 7.53. The minimum Gasteiger partial charge on any atom is -0.351 e. The largest absolute Gasteiger partial charge is 0.351 e. The van der Waals surface area contributed by atoms with Crippen LogP contribution in [0.15, 0.2) is 71.6 Å². The highest BCUT2D eigenvalue weighted by molar-refractivity contribution is 7.98. The molecule has 0 saturated heterocycles. The first-order valence-electron chi connectivity index (χ1n) is 9.74. The fourth-order valence-electron chi connectivity index (χ4n) is 2.84. The Labute approximate surface area is 202 Å². The van der Waals surface area contributed by atoms with Gasteiger partial charge < -0.3 is 5.32 Å². The molecule has 32 heavy (non-hydrogen) atoms. The van der Waals surface area contributed by atoms with E-state index in [0.29, 0.717) is 28.1 Å². The molecule has 0 saturated carbocycles. The lowest BCUT2D eigenvalue weighted by molar-refractivity contribution is 0.0957. The van der Waals surface area contributed by atoms with E-state index in [0.717, 1.165) is 11.1 Å². The van der Waals surface area contributed by atoms with Crippen molar-refractivity contribution >= 4 is 56.6 Å². The Morgan fingerprint density at radius 2 is 1.72 bits per heavy atom. The van der Waals surface area contributed by atoms with Crippen LogP contribution in [0.4, 0.5) is 5.69 Å². The molecule has 0 aromatic heterocycles. The quantitative estimate of drug-likeness (QED) is 0.360. The summed E-state index contributed by atoms with van der Waals surface area (Å²) in [6, 6.07) is 18.4. The first kappa shape index (κ1) is 24.5. The third-order valence-electron chi connectivity index (χ3n) is 4.55. The molecular weight excluding hydrogens is 487 g/mol. The molecule has 0 atom stereocenters. The molecule has 2 N–H and O–H groups in total. The average molecular weight is 509 g/mol. The molecule has 0 bridgehead atoms. The van der Waals surface area contributed by atoms with Gasteiger partial charge in [-0.3, -0.25) is 9.52 Å². The van der Waals surface area contributed by atoms with E-state index in [9.17, 15) is 13.2 Å². The summed E-state index contributed by atoms with van der Waals surface area (Å²) >= 11 is 13.7. The van der Waals surface area contributed by atoms with Gasteiger partial charge in [0.05, 0.1) is 16.1 Å². The number of para-hydroxylation sites is 1. The van der Waals surface area contributed by atoms with E-state index >= 15 is 0 Å². The SMILES string of the molecule is Cc1ccc(S(=O)(=O)Nc2ccccc2C(=O)NCCSCc2ccc(Cl)cc2Cl)cc1. The van der Waals surface area contributed by atoms with Crippen LogP contribution < -0.4 is 10.0 Å². The molecule has 0 fully saturated rings. The maximum atomic E-state index is 12.7. The summed E-state index contributed by atoms with van der Waals surface area (Å²) in [5, 5.41) is 4.04. The van der Waals surface area contributed by atoms with Crippen LogP contribution in [0.1, 0.15) is 21.5 Å². The van der Waals surface area contributed by atoms with E-state index < -0.39 is 10.0 Å². The molecule has 0 heterocycles. The second-order valence-electron chi connectivity index (χ2n) is 7.01.